The van der Waals surface area contributed by atoms with E-state index in [-0.39, 0.29) is 24.7 Å². The van der Waals surface area contributed by atoms with Crippen molar-refractivity contribution in [3.63, 3.8) is 0 Å². The highest BCUT2D eigenvalue weighted by Gasteiger charge is 2.56. The molecule has 0 saturated heterocycles. The minimum atomic E-state index is -2.66. The number of hydrogen-bond acceptors (Lipinski definition) is 5. The molecular formula is C18H21F2N7O2. The molecule has 3 heterocycles. The molecule has 0 bridgehead atoms. The van der Waals surface area contributed by atoms with Gasteiger partial charge in [0.25, 0.3) is 17.7 Å². The van der Waals surface area contributed by atoms with Crippen LogP contribution in [0.1, 0.15) is 47.9 Å². The average molecular weight is 405 g/mol. The number of fused-ring (bicyclic) bond motifs is 1. The number of halogens is 2. The number of aromatic nitrogens is 5. The molecule has 2 aromatic rings. The maximum atomic E-state index is 13.0. The number of carbonyl (C=O) groups is 2. The van der Waals surface area contributed by atoms with Gasteiger partial charge in [0.05, 0.1) is 12.2 Å². The normalized spacial score (nSPS) is 25.5. The fourth-order valence-electron chi connectivity index (χ4n) is 3.70. The van der Waals surface area contributed by atoms with Crippen LogP contribution in [0.15, 0.2) is 12.4 Å². The maximum absolute atomic E-state index is 13.0. The number of hydrogen-bond donors (Lipinski definition) is 1. The molecule has 11 heteroatoms. The molecule has 29 heavy (non-hydrogen) atoms. The molecule has 154 valence electrons. The van der Waals surface area contributed by atoms with Gasteiger partial charge in [-0.3, -0.25) is 19.2 Å². The third-order valence-electron chi connectivity index (χ3n) is 5.78. The first-order valence-corrected chi connectivity index (χ1v) is 9.75. The van der Waals surface area contributed by atoms with Crippen molar-refractivity contribution in [3.8, 4) is 0 Å². The van der Waals surface area contributed by atoms with Crippen molar-refractivity contribution in [1.82, 2.24) is 29.9 Å². The van der Waals surface area contributed by atoms with Crippen LogP contribution in [0.3, 0.4) is 0 Å². The first-order chi connectivity index (χ1) is 13.8. The first kappa shape index (κ1) is 18.2. The number of amides is 2. The molecule has 2 fully saturated rings. The van der Waals surface area contributed by atoms with Crippen LogP contribution in [0, 0.1) is 5.92 Å². The number of likely N-dealkylation sites (N-methyl/N-ethyl adjacent to an activating group) is 1. The second kappa shape index (κ2) is 6.33. The zero-order valence-corrected chi connectivity index (χ0v) is 15.9. The number of nitrogens with one attached hydrogen (secondary N) is 1. The van der Waals surface area contributed by atoms with Gasteiger partial charge in [-0.1, -0.05) is 0 Å². The van der Waals surface area contributed by atoms with E-state index in [0.717, 1.165) is 24.4 Å². The Morgan fingerprint density at radius 1 is 1.31 bits per heavy atom. The van der Waals surface area contributed by atoms with E-state index >= 15 is 0 Å². The van der Waals surface area contributed by atoms with Gasteiger partial charge in [-0.15, -0.1) is 5.10 Å². The summed E-state index contributed by atoms with van der Waals surface area (Å²) in [5.74, 6) is -3.18. The van der Waals surface area contributed by atoms with E-state index in [1.807, 2.05) is 6.07 Å². The molecule has 2 amide bonds. The minimum Gasteiger partial charge on any atom is -0.337 e. The lowest BCUT2D eigenvalue weighted by Gasteiger charge is -2.19. The zero-order chi connectivity index (χ0) is 20.3. The van der Waals surface area contributed by atoms with Crippen LogP contribution in [0.2, 0.25) is 0 Å². The van der Waals surface area contributed by atoms with Gasteiger partial charge in [0, 0.05) is 37.9 Å². The summed E-state index contributed by atoms with van der Waals surface area (Å²) in [7, 11) is 1.67. The maximum Gasteiger partial charge on any atom is 0.291 e. The fraction of sp³-hybridized carbons (Fsp3) is 0.611. The van der Waals surface area contributed by atoms with Crippen LogP contribution < -0.4 is 10.2 Å². The van der Waals surface area contributed by atoms with E-state index in [1.54, 1.807) is 11.7 Å². The van der Waals surface area contributed by atoms with E-state index in [1.165, 1.54) is 15.9 Å². The van der Waals surface area contributed by atoms with Crippen LogP contribution in [0.4, 0.5) is 14.6 Å². The molecule has 2 aromatic heterocycles. The van der Waals surface area contributed by atoms with Crippen molar-refractivity contribution in [3.05, 3.63) is 23.9 Å². The number of alkyl halides is 2. The second-order valence-corrected chi connectivity index (χ2v) is 8.09. The van der Waals surface area contributed by atoms with Gasteiger partial charge in [0.1, 0.15) is 18.2 Å². The Morgan fingerprint density at radius 2 is 2.07 bits per heavy atom. The first-order valence-electron chi connectivity index (χ1n) is 9.75. The van der Waals surface area contributed by atoms with E-state index in [9.17, 15) is 18.4 Å². The highest BCUT2D eigenvalue weighted by atomic mass is 19.3. The average Bonchev–Trinajstić information content (AvgIpc) is 3.51. The molecule has 1 aliphatic heterocycles. The van der Waals surface area contributed by atoms with E-state index < -0.39 is 23.8 Å². The van der Waals surface area contributed by atoms with E-state index in [4.69, 9.17) is 0 Å². The smallest absolute Gasteiger partial charge is 0.291 e. The van der Waals surface area contributed by atoms with Gasteiger partial charge in [-0.05, 0) is 19.3 Å². The van der Waals surface area contributed by atoms with Crippen molar-refractivity contribution in [2.75, 3.05) is 11.9 Å². The Labute approximate surface area is 165 Å². The van der Waals surface area contributed by atoms with Crippen LogP contribution in [0.5, 0.6) is 0 Å². The van der Waals surface area contributed by atoms with Gasteiger partial charge in [0.15, 0.2) is 0 Å². The number of anilines is 1. The SMILES string of the molecule is CN1C(=O)C(NC(=O)c2ncn(C[C@@H]3CC3(F)F)n2)CCn2nc(C3CC3)cc21. The summed E-state index contributed by atoms with van der Waals surface area (Å²) < 4.78 is 29.1. The zero-order valence-electron chi connectivity index (χ0n) is 15.9. The molecule has 0 radical (unpaired) electrons. The summed E-state index contributed by atoms with van der Waals surface area (Å²) in [6.45, 7) is 0.518. The molecule has 0 aromatic carbocycles. The third kappa shape index (κ3) is 3.38. The minimum absolute atomic E-state index is 0.0167. The van der Waals surface area contributed by atoms with Crippen LogP contribution >= 0.6 is 0 Å². The van der Waals surface area contributed by atoms with Crippen LogP contribution in [0.25, 0.3) is 0 Å². The Balaban J connectivity index is 1.24. The summed E-state index contributed by atoms with van der Waals surface area (Å²) in [5.41, 5.74) is 1.01. The highest BCUT2D eigenvalue weighted by Crippen LogP contribution is 2.49. The molecule has 1 unspecified atom stereocenters. The fourth-order valence-corrected chi connectivity index (χ4v) is 3.70. The van der Waals surface area contributed by atoms with E-state index in [0.29, 0.717) is 18.9 Å². The molecule has 9 nitrogen and oxygen atoms in total. The Kier molecular flexibility index (Phi) is 3.97. The van der Waals surface area contributed by atoms with Crippen molar-refractivity contribution in [1.29, 1.82) is 0 Å². The summed E-state index contributed by atoms with van der Waals surface area (Å²) in [5, 5.41) is 11.2. The second-order valence-electron chi connectivity index (χ2n) is 8.09. The third-order valence-corrected chi connectivity index (χ3v) is 5.78. The van der Waals surface area contributed by atoms with Crippen molar-refractivity contribution in [2.24, 2.45) is 5.92 Å². The lowest BCUT2D eigenvalue weighted by atomic mass is 10.2. The number of rotatable bonds is 5. The molecule has 0 spiro atoms. The van der Waals surface area contributed by atoms with Crippen molar-refractivity contribution >= 4 is 17.6 Å². The monoisotopic (exact) mass is 405 g/mol. The quantitative estimate of drug-likeness (QED) is 0.805. The van der Waals surface area contributed by atoms with Gasteiger partial charge in [-0.25, -0.2) is 18.4 Å². The van der Waals surface area contributed by atoms with Crippen molar-refractivity contribution in [2.45, 2.75) is 56.7 Å². The van der Waals surface area contributed by atoms with Gasteiger partial charge in [-0.2, -0.15) is 5.10 Å². The largest absolute Gasteiger partial charge is 0.337 e. The lowest BCUT2D eigenvalue weighted by molar-refractivity contribution is -0.120. The highest BCUT2D eigenvalue weighted by molar-refractivity contribution is 6.00. The lowest BCUT2D eigenvalue weighted by Crippen LogP contribution is -2.47. The predicted molar refractivity (Wildman–Crippen MR) is 96.6 cm³/mol. The van der Waals surface area contributed by atoms with E-state index in [2.05, 4.69) is 20.5 Å². The molecule has 1 N–H and O–H groups in total. The molecule has 2 saturated carbocycles. The molecule has 2 atom stereocenters. The summed E-state index contributed by atoms with van der Waals surface area (Å²) in [6, 6.07) is 1.20. The van der Waals surface area contributed by atoms with Gasteiger partial charge >= 0.3 is 0 Å². The van der Waals surface area contributed by atoms with Gasteiger partial charge in [0.2, 0.25) is 5.82 Å². The van der Waals surface area contributed by atoms with Crippen LogP contribution in [-0.2, 0) is 17.9 Å². The van der Waals surface area contributed by atoms with Crippen molar-refractivity contribution < 1.29 is 18.4 Å². The Bertz CT molecular complexity index is 981. The summed E-state index contributed by atoms with van der Waals surface area (Å²) >= 11 is 0. The number of aryl methyl sites for hydroxylation is 1. The molecule has 3 aliphatic rings. The standard InChI is InChI=1S/C18H21F2N7O2/c1-25-14-6-13(10-2-3-10)23-27(14)5-4-12(17(25)29)22-16(28)15-21-9-26(24-15)8-11-7-18(11,19)20/h6,9-12H,2-5,7-8H2,1H3,(H,22,28)/t11-,12?/m0/s1. The molecular weight excluding hydrogens is 384 g/mol. The molecule has 2 aliphatic carbocycles. The topological polar surface area (TPSA) is 97.9 Å². The summed E-state index contributed by atoms with van der Waals surface area (Å²) in [4.78, 5) is 30.7. The predicted octanol–water partition coefficient (Wildman–Crippen LogP) is 1.17. The molecule has 5 rings (SSSR count). The number of carbonyl (C=O) groups excluding carboxylic acids is 2. The summed E-state index contributed by atoms with van der Waals surface area (Å²) in [6.07, 6.45) is 3.74. The number of nitrogens with zero attached hydrogens (tertiary/aromatic N) is 6. The Hall–Kier alpha value is -2.85. The van der Waals surface area contributed by atoms with Gasteiger partial charge < -0.3 is 5.32 Å². The Morgan fingerprint density at radius 3 is 2.76 bits per heavy atom. The van der Waals surface area contributed by atoms with Crippen LogP contribution in [-0.4, -0.2) is 55.4 Å².